The molecule has 2 saturated heterocycles. The molecular weight excluding hydrogens is 1750 g/mol. The molecular formula is C102H135N25O11. The largest absolute Gasteiger partial charge is 0.495 e. The van der Waals surface area contributed by atoms with Crippen LogP contribution in [0.25, 0.3) is 0 Å². The Balaban J connectivity index is 0.000000128. The lowest BCUT2D eigenvalue weighted by molar-refractivity contribution is -0.132. The first-order chi connectivity index (χ1) is 66.7. The van der Waals surface area contributed by atoms with Crippen LogP contribution in [-0.4, -0.2) is 252 Å². The number of aromatic nitrogens is 8. The van der Waals surface area contributed by atoms with Gasteiger partial charge in [0.25, 0.3) is 17.7 Å². The van der Waals surface area contributed by atoms with Gasteiger partial charge in [-0.05, 0) is 210 Å². The molecule has 4 aromatic heterocycles. The number of likely N-dealkylation sites (tertiary alicyclic amines) is 1. The highest BCUT2D eigenvalue weighted by Crippen LogP contribution is 2.54. The van der Waals surface area contributed by atoms with Crippen LogP contribution in [0.1, 0.15) is 206 Å². The highest BCUT2D eigenvalue weighted by Gasteiger charge is 2.56. The van der Waals surface area contributed by atoms with E-state index in [1.807, 2.05) is 41.1 Å². The van der Waals surface area contributed by atoms with Crippen LogP contribution in [-0.2, 0) is 23.9 Å². The molecule has 10 heterocycles. The fourth-order valence-corrected chi connectivity index (χ4v) is 21.7. The molecule has 36 nitrogen and oxygen atoms in total. The van der Waals surface area contributed by atoms with Gasteiger partial charge in [0.1, 0.15) is 40.0 Å². The van der Waals surface area contributed by atoms with E-state index < -0.39 is 5.41 Å². The summed E-state index contributed by atoms with van der Waals surface area (Å²) >= 11 is 0. The van der Waals surface area contributed by atoms with E-state index in [1.165, 1.54) is 57.1 Å². The topological polar surface area (TPSA) is 376 Å². The van der Waals surface area contributed by atoms with Gasteiger partial charge in [0.2, 0.25) is 47.4 Å². The molecule has 1 atom stereocenters. The maximum atomic E-state index is 13.5. The van der Waals surface area contributed by atoms with E-state index in [2.05, 4.69) is 125 Å². The number of ether oxygens (including phenoxy) is 4. The van der Waals surface area contributed by atoms with Gasteiger partial charge in [-0.1, -0.05) is 57.8 Å². The van der Waals surface area contributed by atoms with Crippen molar-refractivity contribution >= 4 is 140 Å². The van der Waals surface area contributed by atoms with Crippen LogP contribution >= 0.6 is 0 Å². The number of piperidine rings is 1. The summed E-state index contributed by atoms with van der Waals surface area (Å²) < 4.78 is 22.1. The van der Waals surface area contributed by atoms with E-state index in [-0.39, 0.29) is 64.3 Å². The Morgan fingerprint density at radius 3 is 1.20 bits per heavy atom. The molecule has 4 aromatic carbocycles. The van der Waals surface area contributed by atoms with Gasteiger partial charge in [-0.15, -0.1) is 0 Å². The number of morpholine rings is 1. The zero-order valence-electron chi connectivity index (χ0n) is 82.2. The molecule has 7 N–H and O–H groups in total. The molecule has 8 fully saturated rings. The number of nitrogens with zero attached hydrogens (tertiary/aromatic N) is 18. The van der Waals surface area contributed by atoms with Crippen molar-refractivity contribution in [3.8, 4) is 17.2 Å². The number of fused-ring (bicyclic) bond motifs is 4. The predicted octanol–water partition coefficient (Wildman–Crippen LogP) is 13.9. The molecule has 138 heavy (non-hydrogen) atoms. The average molecular weight is 1890 g/mol. The molecule has 20 rings (SSSR count). The summed E-state index contributed by atoms with van der Waals surface area (Å²) in [4.78, 5) is 148. The normalized spacial score (nSPS) is 20.3. The van der Waals surface area contributed by atoms with Crippen molar-refractivity contribution < 1.29 is 52.5 Å². The molecule has 6 aliphatic carbocycles. The van der Waals surface area contributed by atoms with Gasteiger partial charge < -0.3 is 105 Å². The van der Waals surface area contributed by atoms with E-state index in [4.69, 9.17) is 38.9 Å². The van der Waals surface area contributed by atoms with Crippen molar-refractivity contribution in [3.63, 3.8) is 0 Å². The van der Waals surface area contributed by atoms with Crippen molar-refractivity contribution in [2.45, 2.75) is 211 Å². The number of benzene rings is 4. The maximum absolute atomic E-state index is 13.5. The fourth-order valence-electron chi connectivity index (χ4n) is 21.7. The van der Waals surface area contributed by atoms with Gasteiger partial charge in [-0.3, -0.25) is 33.6 Å². The highest BCUT2D eigenvalue weighted by atomic mass is 16.5. The molecule has 8 aromatic rings. The summed E-state index contributed by atoms with van der Waals surface area (Å²) in [5.74, 6) is 6.70. The van der Waals surface area contributed by atoms with Crippen molar-refractivity contribution in [1.29, 1.82) is 0 Å². The number of methoxy groups -OCH3 is 3. The molecule has 0 radical (unpaired) electrons. The van der Waals surface area contributed by atoms with Gasteiger partial charge in [0.05, 0.1) is 92.6 Å². The molecule has 6 aliphatic heterocycles. The minimum Gasteiger partial charge on any atom is -0.495 e. The van der Waals surface area contributed by atoms with Crippen LogP contribution in [0.5, 0.6) is 17.2 Å². The number of carbonyl (C=O) groups is 7. The second-order valence-corrected chi connectivity index (χ2v) is 39.7. The Labute approximate surface area is 808 Å². The molecule has 2 spiro atoms. The lowest BCUT2D eigenvalue weighted by atomic mass is 9.67. The quantitative estimate of drug-likeness (QED) is 0.0373. The van der Waals surface area contributed by atoms with Gasteiger partial charge in [0, 0.05) is 146 Å². The van der Waals surface area contributed by atoms with Crippen LogP contribution in [0.3, 0.4) is 0 Å². The van der Waals surface area contributed by atoms with Gasteiger partial charge in [-0.25, -0.2) is 19.9 Å². The Morgan fingerprint density at radius 2 is 0.797 bits per heavy atom. The SMILES string of the molecule is CN1C(=O)C(C)(C)CN(C2CCCC2)c2nc(Nc3ccc(N4CCOCC4)cc3)ncc21.CNC(=O)c1ccc(Nc2ncc3c(n2)N(C2CCCC2)CC2(CC2)C(=O)N3C)c(OC)c1.CNC(=O)c1ccc(Nc2ncc3c(n2)N(C2CCCC2)[C@H](C)CC(=O)N3C)c(OC)c1.COc1cc(C(=O)NC2CCN(C)CC2)ccc1Nc1ncc2c(n1)N(C1CCCC1)CC1(CCC1)C(=O)N2C. The Hall–Kier alpha value is -13.0. The Morgan fingerprint density at radius 1 is 0.420 bits per heavy atom. The molecule has 0 unspecified atom stereocenters. The van der Waals surface area contributed by atoms with E-state index >= 15 is 0 Å². The third kappa shape index (κ3) is 20.6. The summed E-state index contributed by atoms with van der Waals surface area (Å²) in [5, 5.41) is 21.5. The van der Waals surface area contributed by atoms with Gasteiger partial charge >= 0.3 is 0 Å². The zero-order chi connectivity index (χ0) is 96.8. The van der Waals surface area contributed by atoms with Crippen LogP contribution in [0.15, 0.2) is 104 Å². The summed E-state index contributed by atoms with van der Waals surface area (Å²) in [7, 11) is 17.3. The third-order valence-corrected chi connectivity index (χ3v) is 30.1. The first-order valence-corrected chi connectivity index (χ1v) is 49.3. The number of anilines is 17. The van der Waals surface area contributed by atoms with Crippen molar-refractivity contribution in [2.75, 3.05) is 195 Å². The van der Waals surface area contributed by atoms with Gasteiger partial charge in [0.15, 0.2) is 23.3 Å². The first kappa shape index (κ1) is 96.7. The molecule has 0 bridgehead atoms. The lowest BCUT2D eigenvalue weighted by Gasteiger charge is -2.44. The Bertz CT molecular complexity index is 5760. The molecule has 36 heteroatoms. The highest BCUT2D eigenvalue weighted by molar-refractivity contribution is 6.05. The summed E-state index contributed by atoms with van der Waals surface area (Å²) in [5.41, 5.74) is 7.62. The van der Waals surface area contributed by atoms with Crippen LogP contribution in [0.4, 0.5) is 98.3 Å². The first-order valence-electron chi connectivity index (χ1n) is 49.3. The van der Waals surface area contributed by atoms with E-state index in [0.717, 1.165) is 187 Å². The third-order valence-electron chi connectivity index (χ3n) is 30.1. The number of carbonyl (C=O) groups excluding carboxylic acids is 7. The summed E-state index contributed by atoms with van der Waals surface area (Å²) in [6.45, 7) is 13.6. The van der Waals surface area contributed by atoms with Crippen LogP contribution in [0, 0.1) is 16.2 Å². The lowest BCUT2D eigenvalue weighted by Crippen LogP contribution is -2.52. The number of hydrogen-bond donors (Lipinski definition) is 7. The standard InChI is InChI=1S/C30H41N7O3.C25H34N6O2.C24H30N6O3.C23H30N6O3/c1-35-15-11-21(12-16-35)32-27(38)20-9-10-23(25(17-20)40-3)33-29-31-18-24-26(34-29)37(22-7-4-5-8-22)19-30(13-6-14-30)28(39)36(24)2;1-25(2)17-31(20-6-4-5-7-20)22-21(29(3)23(25)32)16-26-24(28-22)27-18-8-10-19(11-9-18)30-12-14-33-15-13-30;1-25-21(31)15-8-9-17(19(12-15)33-3)27-23-26-13-18-20(28-23)30(16-6-4-5-7-16)14-24(10-11-24)22(32)29(18)2;1-14-11-20(30)28(3)18-13-25-23(27-21(18)29(14)16-7-5-6-8-16)26-17-10-9-15(22(31)24-2)12-19(17)32-4/h9-10,17-18,21-22H,4-8,11-16,19H2,1-3H3,(H,32,38)(H,31,33,34);8-11,16,20H,4-7,12-15,17H2,1-3H3,(H,26,27,28);8-9,12-13,16H,4-7,10-11,14H2,1-3H3,(H,25,31)(H,26,27,28);9-10,12-14,16H,5-8,11H2,1-4H3,(H,24,31)(H,25,26,27)/t;;;14-/m...1/s1. The molecule has 6 saturated carbocycles. The fraction of sp³-hybridized carbons (Fsp3) is 0.539. The van der Waals surface area contributed by atoms with E-state index in [0.29, 0.717) is 125 Å². The number of hydrogen-bond acceptors (Lipinski definition) is 29. The second-order valence-electron chi connectivity index (χ2n) is 39.7. The van der Waals surface area contributed by atoms with Crippen molar-refractivity contribution in [3.05, 3.63) is 120 Å². The molecule has 12 aliphatic rings. The van der Waals surface area contributed by atoms with Crippen molar-refractivity contribution in [1.82, 2.24) is 60.7 Å². The van der Waals surface area contributed by atoms with Crippen LogP contribution < -0.4 is 95.5 Å². The average Bonchev–Trinajstić information content (AvgIpc) is 1.58. The maximum Gasteiger partial charge on any atom is 0.251 e. The van der Waals surface area contributed by atoms with E-state index in [9.17, 15) is 33.6 Å². The predicted molar refractivity (Wildman–Crippen MR) is 537 cm³/mol. The summed E-state index contributed by atoms with van der Waals surface area (Å²) in [6, 6.07) is 25.9. The smallest absolute Gasteiger partial charge is 0.251 e. The molecule has 734 valence electrons. The minimum atomic E-state index is -0.485. The number of amides is 7. The summed E-state index contributed by atoms with van der Waals surface area (Å²) in [6.07, 6.45) is 32.8. The van der Waals surface area contributed by atoms with Crippen LogP contribution in [0.2, 0.25) is 0 Å². The van der Waals surface area contributed by atoms with Crippen molar-refractivity contribution in [2.24, 2.45) is 16.2 Å². The number of nitrogens with one attached hydrogen (secondary N) is 7. The monoisotopic (exact) mass is 1890 g/mol. The second kappa shape index (κ2) is 41.7. The zero-order valence-corrected chi connectivity index (χ0v) is 82.2. The van der Waals surface area contributed by atoms with E-state index in [1.54, 1.807) is 135 Å². The van der Waals surface area contributed by atoms with Gasteiger partial charge in [-0.2, -0.15) is 19.9 Å². The number of rotatable bonds is 20. The molecule has 7 amide bonds. The Kier molecular flexibility index (Phi) is 29.2. The minimum absolute atomic E-state index is 0.0541.